The first-order valence-corrected chi connectivity index (χ1v) is 5.55. The molecule has 0 atom stereocenters. The smallest absolute Gasteiger partial charge is 0.318 e. The molecule has 0 aliphatic heterocycles. The summed E-state index contributed by atoms with van der Waals surface area (Å²) in [6.07, 6.45) is 9.02. The third-order valence-corrected chi connectivity index (χ3v) is 2.44. The number of carbonyl (C=O) groups is 1. The van der Waals surface area contributed by atoms with Crippen LogP contribution in [-0.2, 0) is 0 Å². The van der Waals surface area contributed by atoms with E-state index in [1.165, 1.54) is 24.8 Å². The first kappa shape index (κ1) is 11.1. The summed E-state index contributed by atoms with van der Waals surface area (Å²) in [5.41, 5.74) is 1.38. The molecule has 80 valence electrons. The molecule has 0 heterocycles. The minimum atomic E-state index is -0.0788. The number of amides is 2. The normalized spacial score (nSPS) is 16.2. The van der Waals surface area contributed by atoms with Crippen molar-refractivity contribution in [2.45, 2.75) is 45.4 Å². The van der Waals surface area contributed by atoms with Crippen molar-refractivity contribution in [3.63, 3.8) is 0 Å². The van der Waals surface area contributed by atoms with Crippen molar-refractivity contribution in [3.8, 4) is 0 Å². The fourth-order valence-electron chi connectivity index (χ4n) is 1.61. The predicted octanol–water partition coefficient (Wildman–Crippen LogP) is 2.54. The molecule has 0 spiro atoms. The van der Waals surface area contributed by atoms with E-state index in [2.05, 4.69) is 10.6 Å². The van der Waals surface area contributed by atoms with Crippen LogP contribution in [0.15, 0.2) is 11.8 Å². The van der Waals surface area contributed by atoms with Crippen molar-refractivity contribution in [1.82, 2.24) is 10.6 Å². The van der Waals surface area contributed by atoms with E-state index in [4.69, 9.17) is 0 Å². The lowest BCUT2D eigenvalue weighted by atomic mass is 9.96. The number of rotatable bonds is 3. The molecule has 1 saturated carbocycles. The molecule has 3 nitrogen and oxygen atoms in total. The highest BCUT2D eigenvalue weighted by Crippen LogP contribution is 2.21. The molecular weight excluding hydrogens is 176 g/mol. The third kappa shape index (κ3) is 4.30. The Morgan fingerprint density at radius 2 is 2.07 bits per heavy atom. The number of hydrogen-bond acceptors (Lipinski definition) is 1. The molecule has 0 saturated heterocycles. The predicted molar refractivity (Wildman–Crippen MR) is 58.0 cm³/mol. The molecule has 0 aromatic rings. The highest BCUT2D eigenvalue weighted by Gasteiger charge is 2.05. The molecule has 2 N–H and O–H groups in total. The molecule has 0 aromatic carbocycles. The lowest BCUT2D eigenvalue weighted by Gasteiger charge is -2.13. The molecule has 0 bridgehead atoms. The Balaban J connectivity index is 2.19. The van der Waals surface area contributed by atoms with Gasteiger partial charge in [-0.2, -0.15) is 0 Å². The zero-order valence-electron chi connectivity index (χ0n) is 8.94. The third-order valence-electron chi connectivity index (χ3n) is 2.44. The number of hydrogen-bond donors (Lipinski definition) is 2. The Labute approximate surface area is 86.0 Å². The van der Waals surface area contributed by atoms with Gasteiger partial charge in [0.05, 0.1) is 0 Å². The standard InChI is InChI=1S/C11H20N2O/c1-2-8-12-11(14)13-9-10-6-4-3-5-7-10/h9H,2-8H2,1H3,(H2,12,13,14). The zero-order chi connectivity index (χ0) is 10.2. The molecule has 0 unspecified atom stereocenters. The Morgan fingerprint density at radius 1 is 1.36 bits per heavy atom. The molecule has 0 radical (unpaired) electrons. The fraction of sp³-hybridized carbons (Fsp3) is 0.727. The molecule has 0 aromatic heterocycles. The molecule has 3 heteroatoms. The maximum Gasteiger partial charge on any atom is 0.318 e. The second-order valence-electron chi connectivity index (χ2n) is 3.76. The topological polar surface area (TPSA) is 41.1 Å². The molecule has 2 amide bonds. The summed E-state index contributed by atoms with van der Waals surface area (Å²) < 4.78 is 0. The SMILES string of the molecule is CCCNC(=O)NC=C1CCCCC1. The van der Waals surface area contributed by atoms with Gasteiger partial charge in [-0.05, 0) is 32.1 Å². The number of nitrogens with one attached hydrogen (secondary N) is 2. The van der Waals surface area contributed by atoms with E-state index in [-0.39, 0.29) is 6.03 Å². The van der Waals surface area contributed by atoms with Gasteiger partial charge in [0.2, 0.25) is 0 Å². The van der Waals surface area contributed by atoms with Gasteiger partial charge < -0.3 is 10.6 Å². The summed E-state index contributed by atoms with van der Waals surface area (Å²) in [5.74, 6) is 0. The van der Waals surface area contributed by atoms with Crippen LogP contribution in [0.3, 0.4) is 0 Å². The highest BCUT2D eigenvalue weighted by atomic mass is 16.2. The van der Waals surface area contributed by atoms with Crippen LogP contribution in [0.25, 0.3) is 0 Å². The maximum absolute atomic E-state index is 11.2. The maximum atomic E-state index is 11.2. The van der Waals surface area contributed by atoms with Crippen molar-refractivity contribution in [2.24, 2.45) is 0 Å². The van der Waals surface area contributed by atoms with E-state index in [0.29, 0.717) is 0 Å². The van der Waals surface area contributed by atoms with Gasteiger partial charge in [0, 0.05) is 12.7 Å². The first-order valence-electron chi connectivity index (χ1n) is 5.55. The fourth-order valence-corrected chi connectivity index (χ4v) is 1.61. The summed E-state index contributed by atoms with van der Waals surface area (Å²) in [5, 5.41) is 5.55. The molecule has 14 heavy (non-hydrogen) atoms. The van der Waals surface area contributed by atoms with Crippen LogP contribution < -0.4 is 10.6 Å². The first-order chi connectivity index (χ1) is 6.83. The van der Waals surface area contributed by atoms with Gasteiger partial charge in [-0.3, -0.25) is 0 Å². The number of allylic oxidation sites excluding steroid dienone is 1. The van der Waals surface area contributed by atoms with Crippen LogP contribution in [0.1, 0.15) is 45.4 Å². The summed E-state index contributed by atoms with van der Waals surface area (Å²) >= 11 is 0. The summed E-state index contributed by atoms with van der Waals surface area (Å²) in [6, 6.07) is -0.0788. The minimum absolute atomic E-state index is 0.0788. The monoisotopic (exact) mass is 196 g/mol. The van der Waals surface area contributed by atoms with E-state index in [1.807, 2.05) is 13.1 Å². The van der Waals surface area contributed by atoms with E-state index in [1.54, 1.807) is 0 Å². The zero-order valence-corrected chi connectivity index (χ0v) is 8.94. The van der Waals surface area contributed by atoms with Gasteiger partial charge in [0.1, 0.15) is 0 Å². The quantitative estimate of drug-likeness (QED) is 0.715. The Hall–Kier alpha value is -0.990. The largest absolute Gasteiger partial charge is 0.338 e. The highest BCUT2D eigenvalue weighted by molar-refractivity contribution is 5.74. The lowest BCUT2D eigenvalue weighted by Crippen LogP contribution is -2.32. The Bertz CT molecular complexity index is 203. The lowest BCUT2D eigenvalue weighted by molar-refractivity contribution is 0.244. The van der Waals surface area contributed by atoms with Gasteiger partial charge in [0.25, 0.3) is 0 Å². The van der Waals surface area contributed by atoms with Crippen LogP contribution in [0.5, 0.6) is 0 Å². The van der Waals surface area contributed by atoms with Crippen molar-refractivity contribution in [1.29, 1.82) is 0 Å². The Morgan fingerprint density at radius 3 is 2.71 bits per heavy atom. The van der Waals surface area contributed by atoms with Crippen LogP contribution in [0.2, 0.25) is 0 Å². The van der Waals surface area contributed by atoms with Crippen molar-refractivity contribution in [2.75, 3.05) is 6.54 Å². The van der Waals surface area contributed by atoms with Crippen LogP contribution in [-0.4, -0.2) is 12.6 Å². The van der Waals surface area contributed by atoms with Crippen LogP contribution >= 0.6 is 0 Å². The van der Waals surface area contributed by atoms with E-state index >= 15 is 0 Å². The second-order valence-corrected chi connectivity index (χ2v) is 3.76. The minimum Gasteiger partial charge on any atom is -0.338 e. The second kappa shape index (κ2) is 6.46. The van der Waals surface area contributed by atoms with Crippen LogP contribution in [0.4, 0.5) is 4.79 Å². The van der Waals surface area contributed by atoms with Gasteiger partial charge in [-0.1, -0.05) is 18.9 Å². The molecule has 1 rings (SSSR count). The Kier molecular flexibility index (Phi) is 5.12. The molecule has 1 fully saturated rings. The molecule has 1 aliphatic rings. The van der Waals surface area contributed by atoms with E-state index < -0.39 is 0 Å². The van der Waals surface area contributed by atoms with E-state index in [0.717, 1.165) is 25.8 Å². The van der Waals surface area contributed by atoms with Gasteiger partial charge in [-0.25, -0.2) is 4.79 Å². The van der Waals surface area contributed by atoms with Gasteiger partial charge in [-0.15, -0.1) is 0 Å². The van der Waals surface area contributed by atoms with Crippen LogP contribution in [0, 0.1) is 0 Å². The van der Waals surface area contributed by atoms with Gasteiger partial charge in [0.15, 0.2) is 0 Å². The average molecular weight is 196 g/mol. The summed E-state index contributed by atoms with van der Waals surface area (Å²) in [6.45, 7) is 2.79. The average Bonchev–Trinajstić information content (AvgIpc) is 2.25. The molecular formula is C11H20N2O. The van der Waals surface area contributed by atoms with Gasteiger partial charge >= 0.3 is 6.03 Å². The summed E-state index contributed by atoms with van der Waals surface area (Å²) in [4.78, 5) is 11.2. The van der Waals surface area contributed by atoms with Crippen molar-refractivity contribution >= 4 is 6.03 Å². The van der Waals surface area contributed by atoms with Crippen molar-refractivity contribution in [3.05, 3.63) is 11.8 Å². The number of carbonyl (C=O) groups excluding carboxylic acids is 1. The van der Waals surface area contributed by atoms with Crippen molar-refractivity contribution < 1.29 is 4.79 Å². The number of urea groups is 1. The molecule has 1 aliphatic carbocycles. The summed E-state index contributed by atoms with van der Waals surface area (Å²) in [7, 11) is 0. The van der Waals surface area contributed by atoms with E-state index in [9.17, 15) is 4.79 Å².